The summed E-state index contributed by atoms with van der Waals surface area (Å²) in [5.41, 5.74) is 0.442. The Morgan fingerprint density at radius 2 is 1.81 bits per heavy atom. The molecule has 0 radical (unpaired) electrons. The summed E-state index contributed by atoms with van der Waals surface area (Å²) in [5, 5.41) is 6.69. The van der Waals surface area contributed by atoms with Gasteiger partial charge in [0, 0.05) is 29.7 Å². The van der Waals surface area contributed by atoms with Gasteiger partial charge in [0.1, 0.15) is 4.90 Å². The summed E-state index contributed by atoms with van der Waals surface area (Å²) < 4.78 is 23.7. The average Bonchev–Trinajstić information content (AvgIpc) is 3.20. The molecule has 0 spiro atoms. The third kappa shape index (κ3) is 3.08. The van der Waals surface area contributed by atoms with Gasteiger partial charge in [0.25, 0.3) is 15.0 Å². The molecule has 3 rings (SSSR count). The lowest BCUT2D eigenvalue weighted by Crippen LogP contribution is -2.32. The lowest BCUT2D eigenvalue weighted by Gasteiger charge is -2.19. The molecule has 6 nitrogen and oxygen atoms in total. The van der Waals surface area contributed by atoms with Crippen LogP contribution in [0.5, 0.6) is 0 Å². The molecule has 8 heteroatoms. The normalized spacial score (nSPS) is 20.3. The molecule has 1 N–H and O–H groups in total. The van der Waals surface area contributed by atoms with E-state index in [0.29, 0.717) is 18.8 Å². The fourth-order valence-corrected chi connectivity index (χ4v) is 4.12. The number of hydrogen-bond donors (Lipinski definition) is 1. The second-order valence-corrected chi connectivity index (χ2v) is 8.24. The summed E-state index contributed by atoms with van der Waals surface area (Å²) in [5.74, 6) is -0.203. The maximum atomic E-state index is 12.6. The van der Waals surface area contributed by atoms with Crippen LogP contribution in [0.2, 0.25) is 0 Å². The second-order valence-electron chi connectivity index (χ2n) is 5.73. The summed E-state index contributed by atoms with van der Waals surface area (Å²) in [6.45, 7) is 1.29. The number of aromatic amines is 1. The fraction of sp³-hybridized carbons (Fsp3) is 0.692. The van der Waals surface area contributed by atoms with Gasteiger partial charge in [0.15, 0.2) is 5.69 Å². The van der Waals surface area contributed by atoms with E-state index < -0.39 is 9.05 Å². The fourth-order valence-electron chi connectivity index (χ4n) is 2.81. The monoisotopic (exact) mass is 331 g/mol. The second kappa shape index (κ2) is 5.61. The van der Waals surface area contributed by atoms with Gasteiger partial charge in [0.2, 0.25) is 0 Å². The van der Waals surface area contributed by atoms with Gasteiger partial charge in [-0.05, 0) is 25.7 Å². The van der Waals surface area contributed by atoms with Crippen LogP contribution < -0.4 is 0 Å². The molecule has 1 aromatic heterocycles. The minimum atomic E-state index is -3.99. The highest BCUT2D eigenvalue weighted by atomic mass is 35.7. The number of rotatable bonds is 3. The van der Waals surface area contributed by atoms with Gasteiger partial charge in [-0.1, -0.05) is 12.8 Å². The van der Waals surface area contributed by atoms with E-state index in [4.69, 9.17) is 10.7 Å². The molecule has 2 aliphatic rings. The highest BCUT2D eigenvalue weighted by Gasteiger charge is 2.37. The predicted molar refractivity (Wildman–Crippen MR) is 78.0 cm³/mol. The van der Waals surface area contributed by atoms with Gasteiger partial charge >= 0.3 is 0 Å². The third-order valence-corrected chi connectivity index (χ3v) is 5.44. The first kappa shape index (κ1) is 14.8. The van der Waals surface area contributed by atoms with E-state index in [-0.39, 0.29) is 22.4 Å². The molecule has 0 bridgehead atoms. The quantitative estimate of drug-likeness (QED) is 0.861. The Morgan fingerprint density at radius 3 is 2.33 bits per heavy atom. The molecular weight excluding hydrogens is 314 g/mol. The van der Waals surface area contributed by atoms with Crippen LogP contribution in [0, 0.1) is 0 Å². The molecule has 1 aliphatic carbocycles. The Kier molecular flexibility index (Phi) is 3.96. The van der Waals surface area contributed by atoms with Crippen LogP contribution in [-0.2, 0) is 9.05 Å². The SMILES string of the molecule is O=C(c1n[nH]c(C2CC2)c1S(=O)(=O)Cl)N1CCCCCC1. The molecule has 21 heavy (non-hydrogen) atoms. The molecule has 2 heterocycles. The van der Waals surface area contributed by atoms with Crippen molar-refractivity contribution >= 4 is 25.6 Å². The predicted octanol–water partition coefficient (Wildman–Crippen LogP) is 2.23. The first-order chi connectivity index (χ1) is 9.98. The summed E-state index contributed by atoms with van der Waals surface area (Å²) in [7, 11) is 1.55. The molecule has 0 aromatic carbocycles. The van der Waals surface area contributed by atoms with E-state index in [1.165, 1.54) is 0 Å². The smallest absolute Gasteiger partial charge is 0.275 e. The minimum Gasteiger partial charge on any atom is -0.337 e. The van der Waals surface area contributed by atoms with Crippen molar-refractivity contribution in [1.29, 1.82) is 0 Å². The van der Waals surface area contributed by atoms with Crippen LogP contribution >= 0.6 is 10.7 Å². The third-order valence-electron chi connectivity index (χ3n) is 4.07. The molecule has 1 aliphatic heterocycles. The Balaban J connectivity index is 1.95. The van der Waals surface area contributed by atoms with Crippen LogP contribution in [0.4, 0.5) is 0 Å². The van der Waals surface area contributed by atoms with Crippen LogP contribution in [0.1, 0.15) is 60.6 Å². The maximum Gasteiger partial charge on any atom is 0.275 e. The van der Waals surface area contributed by atoms with Crippen LogP contribution in [0.3, 0.4) is 0 Å². The minimum absolute atomic E-state index is 0.0474. The van der Waals surface area contributed by atoms with Crippen LogP contribution in [-0.4, -0.2) is 42.5 Å². The van der Waals surface area contributed by atoms with E-state index in [2.05, 4.69) is 10.2 Å². The standard InChI is InChI=1S/C13H18ClN3O3S/c14-21(19,20)12-10(9-5-6-9)15-16-11(12)13(18)17-7-3-1-2-4-8-17/h9H,1-8H2,(H,15,16). The zero-order chi connectivity index (χ0) is 15.0. The Hall–Kier alpha value is -1.08. The van der Waals surface area contributed by atoms with Gasteiger partial charge in [-0.2, -0.15) is 5.10 Å². The number of amides is 1. The average molecular weight is 332 g/mol. The van der Waals surface area contributed by atoms with Crippen molar-refractivity contribution in [3.63, 3.8) is 0 Å². The number of hydrogen-bond acceptors (Lipinski definition) is 4. The molecule has 2 fully saturated rings. The van der Waals surface area contributed by atoms with Crippen LogP contribution in [0.25, 0.3) is 0 Å². The number of likely N-dealkylation sites (tertiary alicyclic amines) is 1. The van der Waals surface area contributed by atoms with Gasteiger partial charge in [-0.3, -0.25) is 9.89 Å². The largest absolute Gasteiger partial charge is 0.337 e. The molecule has 1 aromatic rings. The van der Waals surface area contributed by atoms with E-state index in [1.807, 2.05) is 0 Å². The number of halogens is 1. The number of nitrogens with one attached hydrogen (secondary N) is 1. The van der Waals surface area contributed by atoms with Crippen molar-refractivity contribution in [2.45, 2.75) is 49.3 Å². The van der Waals surface area contributed by atoms with Crippen molar-refractivity contribution in [1.82, 2.24) is 15.1 Å². The first-order valence-electron chi connectivity index (χ1n) is 7.30. The summed E-state index contributed by atoms with van der Waals surface area (Å²) in [6.07, 6.45) is 5.87. The zero-order valence-corrected chi connectivity index (χ0v) is 13.2. The highest BCUT2D eigenvalue weighted by Crippen LogP contribution is 2.43. The van der Waals surface area contributed by atoms with Gasteiger partial charge < -0.3 is 4.90 Å². The number of H-pyrrole nitrogens is 1. The van der Waals surface area contributed by atoms with Gasteiger partial charge in [-0.15, -0.1) is 0 Å². The summed E-state index contributed by atoms with van der Waals surface area (Å²) in [6, 6.07) is 0. The summed E-state index contributed by atoms with van der Waals surface area (Å²) in [4.78, 5) is 14.2. The number of carbonyl (C=O) groups is 1. The molecule has 1 saturated heterocycles. The topological polar surface area (TPSA) is 83.1 Å². The first-order valence-corrected chi connectivity index (χ1v) is 9.61. The highest BCUT2D eigenvalue weighted by molar-refractivity contribution is 8.13. The van der Waals surface area contributed by atoms with Crippen LogP contribution in [0.15, 0.2) is 4.90 Å². The Morgan fingerprint density at radius 1 is 1.19 bits per heavy atom. The van der Waals surface area contributed by atoms with E-state index in [0.717, 1.165) is 38.5 Å². The molecule has 1 amide bonds. The lowest BCUT2D eigenvalue weighted by atomic mass is 10.2. The van der Waals surface area contributed by atoms with Crippen molar-refractivity contribution in [3.05, 3.63) is 11.4 Å². The maximum absolute atomic E-state index is 12.6. The molecule has 116 valence electrons. The number of carbonyl (C=O) groups excluding carboxylic acids is 1. The van der Waals surface area contributed by atoms with E-state index >= 15 is 0 Å². The Labute approximate surface area is 128 Å². The summed E-state index contributed by atoms with van der Waals surface area (Å²) >= 11 is 0. The lowest BCUT2D eigenvalue weighted by molar-refractivity contribution is 0.0752. The van der Waals surface area contributed by atoms with E-state index in [9.17, 15) is 13.2 Å². The molecule has 1 saturated carbocycles. The number of aromatic nitrogens is 2. The van der Waals surface area contributed by atoms with E-state index in [1.54, 1.807) is 4.90 Å². The zero-order valence-electron chi connectivity index (χ0n) is 11.6. The van der Waals surface area contributed by atoms with Gasteiger partial charge in [0.05, 0.1) is 5.69 Å². The number of nitrogens with zero attached hydrogens (tertiary/aromatic N) is 2. The molecule has 0 unspecified atom stereocenters. The Bertz CT molecular complexity index is 644. The van der Waals surface area contributed by atoms with Crippen molar-refractivity contribution in [2.75, 3.05) is 13.1 Å². The molecular formula is C13H18ClN3O3S. The van der Waals surface area contributed by atoms with Crippen molar-refractivity contribution in [3.8, 4) is 0 Å². The van der Waals surface area contributed by atoms with Gasteiger partial charge in [-0.25, -0.2) is 8.42 Å². The van der Waals surface area contributed by atoms with Crippen molar-refractivity contribution in [2.24, 2.45) is 0 Å². The van der Waals surface area contributed by atoms with Crippen molar-refractivity contribution < 1.29 is 13.2 Å². The molecule has 0 atom stereocenters.